The second-order valence-electron chi connectivity index (χ2n) is 5.22. The molecule has 9 nitrogen and oxygen atoms in total. The number of fused-ring (bicyclic) bond motifs is 1. The van der Waals surface area contributed by atoms with Crippen LogP contribution in [-0.4, -0.2) is 32.2 Å². The number of pyridine rings is 1. The molecular formula is C16H12N6O3. The van der Waals surface area contributed by atoms with Gasteiger partial charge in [0, 0.05) is 17.3 Å². The summed E-state index contributed by atoms with van der Waals surface area (Å²) in [5.74, 6) is 0.255. The zero-order chi connectivity index (χ0) is 17.2. The lowest BCUT2D eigenvalue weighted by atomic mass is 10.0. The molecule has 0 atom stereocenters. The van der Waals surface area contributed by atoms with Gasteiger partial charge in [0.05, 0.1) is 5.69 Å². The molecule has 0 unspecified atom stereocenters. The predicted molar refractivity (Wildman–Crippen MR) is 87.8 cm³/mol. The smallest absolute Gasteiger partial charge is 0.411 e. The summed E-state index contributed by atoms with van der Waals surface area (Å²) in [4.78, 5) is 30.9. The van der Waals surface area contributed by atoms with Crippen molar-refractivity contribution in [2.24, 2.45) is 0 Å². The topological polar surface area (TPSA) is 122 Å². The number of cyclic esters (lactones) is 1. The molecule has 2 aromatic heterocycles. The minimum Gasteiger partial charge on any atom is -0.444 e. The van der Waals surface area contributed by atoms with Crippen molar-refractivity contribution in [2.45, 2.75) is 6.61 Å². The van der Waals surface area contributed by atoms with E-state index in [1.54, 1.807) is 36.5 Å². The van der Waals surface area contributed by atoms with E-state index in [-0.39, 0.29) is 18.5 Å². The van der Waals surface area contributed by atoms with Crippen molar-refractivity contribution in [1.29, 1.82) is 0 Å². The van der Waals surface area contributed by atoms with Gasteiger partial charge in [-0.05, 0) is 24.3 Å². The fraction of sp³-hybridized carbons (Fsp3) is 0.0625. The summed E-state index contributed by atoms with van der Waals surface area (Å²) in [6, 6.07) is 10.4. The van der Waals surface area contributed by atoms with Crippen molar-refractivity contribution in [3.63, 3.8) is 0 Å². The number of anilines is 2. The minimum atomic E-state index is -0.541. The fourth-order valence-corrected chi connectivity index (χ4v) is 2.47. The highest BCUT2D eigenvalue weighted by molar-refractivity contribution is 6.06. The number of hydrogen-bond acceptors (Lipinski definition) is 6. The predicted octanol–water partition coefficient (Wildman–Crippen LogP) is 2.18. The number of nitrogens with zero attached hydrogens (tertiary/aromatic N) is 3. The molecule has 4 rings (SSSR count). The summed E-state index contributed by atoms with van der Waals surface area (Å²) in [6.07, 6.45) is 1.10. The van der Waals surface area contributed by atoms with Crippen LogP contribution in [0.3, 0.4) is 0 Å². The highest BCUT2D eigenvalue weighted by atomic mass is 16.5. The standard InChI is InChI=1S/C16H12N6O3/c23-14(9-4-3-6-11-10(9)8-25-16(24)18-11)20-15-19-13(21-22-15)12-5-1-2-7-17-12/h1-7H,8H2,(H,18,24)(H2,19,20,21,22,23). The van der Waals surface area contributed by atoms with E-state index >= 15 is 0 Å². The molecule has 0 saturated heterocycles. The summed E-state index contributed by atoms with van der Waals surface area (Å²) >= 11 is 0. The quantitative estimate of drug-likeness (QED) is 0.674. The molecule has 3 aromatic rings. The number of aromatic nitrogens is 4. The molecular weight excluding hydrogens is 324 g/mol. The number of carbonyl (C=O) groups excluding carboxylic acids is 2. The lowest BCUT2D eigenvalue weighted by Crippen LogP contribution is -2.24. The molecule has 2 amide bonds. The molecule has 0 radical (unpaired) electrons. The average molecular weight is 336 g/mol. The lowest BCUT2D eigenvalue weighted by molar-refractivity contribution is 0.101. The van der Waals surface area contributed by atoms with Crippen LogP contribution in [0.1, 0.15) is 15.9 Å². The number of ether oxygens (including phenoxy) is 1. The second-order valence-corrected chi connectivity index (χ2v) is 5.22. The van der Waals surface area contributed by atoms with E-state index in [1.807, 2.05) is 6.07 Å². The van der Waals surface area contributed by atoms with Crippen LogP contribution >= 0.6 is 0 Å². The van der Waals surface area contributed by atoms with Crippen molar-refractivity contribution in [2.75, 3.05) is 10.6 Å². The van der Waals surface area contributed by atoms with Crippen LogP contribution in [0.4, 0.5) is 16.4 Å². The van der Waals surface area contributed by atoms with Gasteiger partial charge in [0.15, 0.2) is 5.82 Å². The van der Waals surface area contributed by atoms with E-state index in [4.69, 9.17) is 4.74 Å². The van der Waals surface area contributed by atoms with Crippen molar-refractivity contribution in [3.8, 4) is 11.5 Å². The van der Waals surface area contributed by atoms with Crippen LogP contribution in [0.5, 0.6) is 0 Å². The van der Waals surface area contributed by atoms with Crippen molar-refractivity contribution in [1.82, 2.24) is 20.2 Å². The molecule has 0 bridgehead atoms. The van der Waals surface area contributed by atoms with Gasteiger partial charge in [-0.1, -0.05) is 12.1 Å². The Morgan fingerprint density at radius 3 is 2.92 bits per heavy atom. The molecule has 0 spiro atoms. The summed E-state index contributed by atoms with van der Waals surface area (Å²) in [6.45, 7) is 0.0281. The number of carbonyl (C=O) groups is 2. The minimum absolute atomic E-state index is 0.0281. The number of H-pyrrole nitrogens is 1. The van der Waals surface area contributed by atoms with Crippen LogP contribution in [0, 0.1) is 0 Å². The Hall–Kier alpha value is -3.75. The molecule has 0 fully saturated rings. The summed E-state index contributed by atoms with van der Waals surface area (Å²) in [5.41, 5.74) is 2.15. The number of amides is 2. The van der Waals surface area contributed by atoms with E-state index in [0.717, 1.165) is 0 Å². The molecule has 1 aromatic carbocycles. The van der Waals surface area contributed by atoms with Gasteiger partial charge in [-0.15, -0.1) is 10.2 Å². The van der Waals surface area contributed by atoms with E-state index < -0.39 is 6.09 Å². The maximum Gasteiger partial charge on any atom is 0.411 e. The Kier molecular flexibility index (Phi) is 3.58. The van der Waals surface area contributed by atoms with Gasteiger partial charge in [0.1, 0.15) is 12.3 Å². The molecule has 3 heterocycles. The lowest BCUT2D eigenvalue weighted by Gasteiger charge is -2.19. The molecule has 0 saturated carbocycles. The zero-order valence-electron chi connectivity index (χ0n) is 12.8. The number of nitrogens with one attached hydrogen (secondary N) is 3. The SMILES string of the molecule is O=C1Nc2cccc(C(=O)Nc3nnc(-c4ccccn4)[nH]3)c2CO1. The largest absolute Gasteiger partial charge is 0.444 e. The molecule has 9 heteroatoms. The maximum atomic E-state index is 12.5. The van der Waals surface area contributed by atoms with Crippen molar-refractivity contribution < 1.29 is 14.3 Å². The summed E-state index contributed by atoms with van der Waals surface area (Å²) in [7, 11) is 0. The molecule has 3 N–H and O–H groups in total. The van der Waals surface area contributed by atoms with Gasteiger partial charge >= 0.3 is 6.09 Å². The average Bonchev–Trinajstić information content (AvgIpc) is 3.10. The van der Waals surface area contributed by atoms with Gasteiger partial charge in [0.25, 0.3) is 5.91 Å². The first-order chi connectivity index (χ1) is 12.2. The maximum absolute atomic E-state index is 12.5. The molecule has 1 aliphatic rings. The van der Waals surface area contributed by atoms with E-state index in [0.29, 0.717) is 28.3 Å². The Morgan fingerprint density at radius 2 is 2.08 bits per heavy atom. The fourth-order valence-electron chi connectivity index (χ4n) is 2.47. The Morgan fingerprint density at radius 1 is 1.16 bits per heavy atom. The highest BCUT2D eigenvalue weighted by Crippen LogP contribution is 2.25. The summed E-state index contributed by atoms with van der Waals surface area (Å²) < 4.78 is 4.93. The van der Waals surface area contributed by atoms with Crippen LogP contribution in [0.15, 0.2) is 42.6 Å². The second kappa shape index (κ2) is 6.04. The van der Waals surface area contributed by atoms with Crippen molar-refractivity contribution >= 4 is 23.6 Å². The Balaban J connectivity index is 1.56. The first-order valence-corrected chi connectivity index (χ1v) is 7.42. The Bertz CT molecular complexity index is 954. The Labute approximate surface area is 141 Å². The molecule has 25 heavy (non-hydrogen) atoms. The van der Waals surface area contributed by atoms with Gasteiger partial charge in [-0.3, -0.25) is 20.4 Å². The van der Waals surface area contributed by atoms with E-state index in [2.05, 4.69) is 30.8 Å². The first-order valence-electron chi connectivity index (χ1n) is 7.42. The van der Waals surface area contributed by atoms with Gasteiger partial charge in [0.2, 0.25) is 5.95 Å². The third-order valence-electron chi connectivity index (χ3n) is 3.63. The number of hydrogen-bond donors (Lipinski definition) is 3. The third-order valence-corrected chi connectivity index (χ3v) is 3.63. The van der Waals surface area contributed by atoms with Gasteiger partial charge in [-0.2, -0.15) is 0 Å². The van der Waals surface area contributed by atoms with Crippen LogP contribution in [0.2, 0.25) is 0 Å². The number of rotatable bonds is 3. The van der Waals surface area contributed by atoms with Crippen molar-refractivity contribution in [3.05, 3.63) is 53.7 Å². The van der Waals surface area contributed by atoms with Gasteiger partial charge < -0.3 is 9.72 Å². The number of benzene rings is 1. The third kappa shape index (κ3) is 2.90. The van der Waals surface area contributed by atoms with Crippen LogP contribution < -0.4 is 10.6 Å². The number of aromatic amines is 1. The molecule has 1 aliphatic heterocycles. The normalized spacial score (nSPS) is 12.7. The van der Waals surface area contributed by atoms with Crippen LogP contribution in [-0.2, 0) is 11.3 Å². The molecule has 0 aliphatic carbocycles. The van der Waals surface area contributed by atoms with E-state index in [1.165, 1.54) is 0 Å². The van der Waals surface area contributed by atoms with Crippen LogP contribution in [0.25, 0.3) is 11.5 Å². The molecule has 124 valence electrons. The first kappa shape index (κ1) is 14.8. The zero-order valence-corrected chi connectivity index (χ0v) is 12.8. The van der Waals surface area contributed by atoms with Gasteiger partial charge in [-0.25, -0.2) is 4.79 Å². The van der Waals surface area contributed by atoms with E-state index in [9.17, 15) is 9.59 Å². The summed E-state index contributed by atoms with van der Waals surface area (Å²) in [5, 5.41) is 13.1. The monoisotopic (exact) mass is 336 g/mol. The highest BCUT2D eigenvalue weighted by Gasteiger charge is 2.22.